The van der Waals surface area contributed by atoms with E-state index in [2.05, 4.69) is 26.6 Å². The molecule has 9 nitrogen and oxygen atoms in total. The number of esters is 2. The fourth-order valence-electron chi connectivity index (χ4n) is 4.86. The molecule has 0 bridgehead atoms. The Morgan fingerprint density at radius 1 is 0.925 bits per heavy atom. The largest absolute Gasteiger partial charge is 0.461 e. The maximum absolute atomic E-state index is 13.0. The first-order valence-electron chi connectivity index (χ1n) is 14.3. The number of halogens is 1. The monoisotopic (exact) mass is 639 g/mol. The van der Waals surface area contributed by atoms with E-state index in [1.165, 1.54) is 11.8 Å². The third kappa shape index (κ3) is 12.2. The molecule has 0 saturated heterocycles. The first-order valence-corrected chi connectivity index (χ1v) is 16.3. The number of hydrogen-bond acceptors (Lipinski definition) is 8. The second-order valence-electron chi connectivity index (χ2n) is 10.6. The number of hydrogen-bond donors (Lipinski definition) is 3. The van der Waals surface area contributed by atoms with Crippen LogP contribution in [0.1, 0.15) is 82.6 Å². The Kier molecular flexibility index (Phi) is 14.3. The summed E-state index contributed by atoms with van der Waals surface area (Å²) in [6.07, 6.45) is 9.75. The van der Waals surface area contributed by atoms with Gasteiger partial charge < -0.3 is 25.8 Å². The number of carbonyl (C=O) groups is 4. The van der Waals surface area contributed by atoms with Gasteiger partial charge in [-0.2, -0.15) is 11.8 Å². The van der Waals surface area contributed by atoms with Gasteiger partial charge in [-0.05, 0) is 75.5 Å². The van der Waals surface area contributed by atoms with E-state index in [-0.39, 0.29) is 31.6 Å². The maximum Gasteiger partial charge on any atom is 0.325 e. The Balaban J connectivity index is 1.47. The minimum absolute atomic E-state index is 0.0220. The van der Waals surface area contributed by atoms with E-state index in [0.29, 0.717) is 11.5 Å². The van der Waals surface area contributed by atoms with Crippen LogP contribution in [0.15, 0.2) is 28.7 Å². The van der Waals surface area contributed by atoms with Crippen LogP contribution in [-0.4, -0.2) is 60.3 Å². The molecular formula is C29H42BrN3O6S. The van der Waals surface area contributed by atoms with Crippen LogP contribution in [0.3, 0.4) is 0 Å². The molecule has 3 rings (SSSR count). The van der Waals surface area contributed by atoms with Gasteiger partial charge in [-0.25, -0.2) is 0 Å². The Hall–Kier alpha value is -2.11. The van der Waals surface area contributed by atoms with E-state index < -0.39 is 35.8 Å². The molecule has 2 saturated carbocycles. The van der Waals surface area contributed by atoms with E-state index in [0.717, 1.165) is 74.2 Å². The van der Waals surface area contributed by atoms with Crippen LogP contribution in [0, 0.1) is 0 Å². The predicted octanol–water partition coefficient (Wildman–Crippen LogP) is 4.14. The first-order chi connectivity index (χ1) is 19.3. The van der Waals surface area contributed by atoms with Gasteiger partial charge in [-0.15, -0.1) is 0 Å². The highest BCUT2D eigenvalue weighted by molar-refractivity contribution is 9.10. The average molecular weight is 641 g/mol. The van der Waals surface area contributed by atoms with E-state index in [1.54, 1.807) is 0 Å². The lowest BCUT2D eigenvalue weighted by molar-refractivity contribution is -0.152. The normalized spacial score (nSPS) is 17.9. The molecule has 1 aromatic rings. The van der Waals surface area contributed by atoms with Crippen molar-refractivity contribution in [1.29, 1.82) is 0 Å². The molecule has 11 heteroatoms. The molecular weight excluding hydrogens is 598 g/mol. The predicted molar refractivity (Wildman–Crippen MR) is 158 cm³/mol. The smallest absolute Gasteiger partial charge is 0.325 e. The number of rotatable bonds is 14. The number of ether oxygens (including phenoxy) is 2. The van der Waals surface area contributed by atoms with Gasteiger partial charge in [0.25, 0.3) is 0 Å². The topological polar surface area (TPSA) is 137 Å². The van der Waals surface area contributed by atoms with Crippen LogP contribution >= 0.6 is 27.7 Å². The molecule has 0 radical (unpaired) electrons. The Labute approximate surface area is 249 Å². The lowest BCUT2D eigenvalue weighted by Crippen LogP contribution is -2.50. The van der Waals surface area contributed by atoms with Crippen molar-refractivity contribution >= 4 is 51.4 Å². The van der Waals surface area contributed by atoms with E-state index in [4.69, 9.17) is 15.2 Å². The minimum Gasteiger partial charge on any atom is -0.461 e. The quantitative estimate of drug-likeness (QED) is 0.258. The lowest BCUT2D eigenvalue weighted by Gasteiger charge is -2.23. The number of carbonyl (C=O) groups excluding carboxylic acids is 4. The van der Waals surface area contributed by atoms with Crippen molar-refractivity contribution in [3.05, 3.63) is 34.3 Å². The molecule has 1 aromatic carbocycles. The minimum atomic E-state index is -0.902. The van der Waals surface area contributed by atoms with E-state index in [1.807, 2.05) is 24.3 Å². The van der Waals surface area contributed by atoms with Gasteiger partial charge in [-0.3, -0.25) is 19.2 Å². The second kappa shape index (κ2) is 17.6. The van der Waals surface area contributed by atoms with Gasteiger partial charge in [0.15, 0.2) is 0 Å². The summed E-state index contributed by atoms with van der Waals surface area (Å²) < 4.78 is 12.0. The van der Waals surface area contributed by atoms with Crippen molar-refractivity contribution in [1.82, 2.24) is 10.6 Å². The van der Waals surface area contributed by atoms with E-state index >= 15 is 0 Å². The lowest BCUT2D eigenvalue weighted by atomic mass is 9.98. The number of nitrogens with one attached hydrogen (secondary N) is 2. The molecule has 222 valence electrons. The molecule has 2 aliphatic carbocycles. The van der Waals surface area contributed by atoms with Crippen molar-refractivity contribution < 1.29 is 28.7 Å². The van der Waals surface area contributed by atoms with Crippen LogP contribution in [0.2, 0.25) is 0 Å². The maximum atomic E-state index is 13.0. The van der Waals surface area contributed by atoms with Gasteiger partial charge in [0.2, 0.25) is 11.8 Å². The van der Waals surface area contributed by atoms with Gasteiger partial charge >= 0.3 is 11.9 Å². The second-order valence-corrected chi connectivity index (χ2v) is 12.5. The summed E-state index contributed by atoms with van der Waals surface area (Å²) in [4.78, 5) is 50.3. The molecule has 0 heterocycles. The number of nitrogens with two attached hydrogens (primary N) is 1. The summed E-state index contributed by atoms with van der Waals surface area (Å²) in [6, 6.07) is 6.10. The number of thioether (sulfide) groups is 1. The average Bonchev–Trinajstić information content (AvgIpc) is 2.96. The summed E-state index contributed by atoms with van der Waals surface area (Å²) in [5.41, 5.74) is 7.07. The molecule has 2 unspecified atom stereocenters. The highest BCUT2D eigenvalue weighted by atomic mass is 79.9. The van der Waals surface area contributed by atoms with Gasteiger partial charge in [0.1, 0.15) is 30.8 Å². The van der Waals surface area contributed by atoms with Crippen LogP contribution in [0.25, 0.3) is 0 Å². The Bertz CT molecular complexity index is 967. The SMILES string of the molecule is NC(CCC(=O)NC(CSCc1ccc(Br)cc1)C(=O)NCC(=O)OC1CCCCC1)C(=O)OC1CCCCC1. The zero-order chi connectivity index (χ0) is 28.7. The molecule has 2 amide bonds. The van der Waals surface area contributed by atoms with Crippen LogP contribution < -0.4 is 16.4 Å². The molecule has 0 aromatic heterocycles. The van der Waals surface area contributed by atoms with Crippen molar-refractivity contribution in [2.24, 2.45) is 5.73 Å². The third-order valence-electron chi connectivity index (χ3n) is 7.20. The van der Waals surface area contributed by atoms with E-state index in [9.17, 15) is 19.2 Å². The van der Waals surface area contributed by atoms with Gasteiger partial charge in [-0.1, -0.05) is 40.9 Å². The summed E-state index contributed by atoms with van der Waals surface area (Å²) in [6.45, 7) is -0.253. The fourth-order valence-corrected chi connectivity index (χ4v) is 6.14. The molecule has 4 N–H and O–H groups in total. The number of amides is 2. The summed E-state index contributed by atoms with van der Waals surface area (Å²) in [7, 11) is 0. The molecule has 2 atom stereocenters. The molecule has 2 aliphatic rings. The molecule has 2 fully saturated rings. The van der Waals surface area contributed by atoms with Gasteiger partial charge in [0.05, 0.1) is 0 Å². The Morgan fingerprint density at radius 3 is 2.15 bits per heavy atom. The third-order valence-corrected chi connectivity index (χ3v) is 8.83. The standard InChI is InChI=1S/C29H42BrN3O6S/c30-21-13-11-20(12-14-21)18-40-19-25(28(36)32-17-27(35)38-22-7-3-1-4-8-22)33-26(34)16-15-24(31)29(37)39-23-9-5-2-6-10-23/h11-14,22-25H,1-10,15-19,31H2,(H,32,36)(H,33,34). The van der Waals surface area contributed by atoms with Crippen molar-refractivity contribution in [3.63, 3.8) is 0 Å². The summed E-state index contributed by atoms with van der Waals surface area (Å²) in [5.74, 6) is -0.866. The van der Waals surface area contributed by atoms with Crippen LogP contribution in [0.4, 0.5) is 0 Å². The van der Waals surface area contributed by atoms with Gasteiger partial charge in [0, 0.05) is 22.4 Å². The zero-order valence-corrected chi connectivity index (χ0v) is 25.4. The van der Waals surface area contributed by atoms with Crippen molar-refractivity contribution in [2.75, 3.05) is 12.3 Å². The molecule has 0 spiro atoms. The highest BCUT2D eigenvalue weighted by Gasteiger charge is 2.26. The van der Waals surface area contributed by atoms with Crippen LogP contribution in [-0.2, 0) is 34.4 Å². The summed E-state index contributed by atoms with van der Waals surface area (Å²) in [5, 5.41) is 5.37. The molecule has 0 aliphatic heterocycles. The zero-order valence-electron chi connectivity index (χ0n) is 23.0. The molecule has 40 heavy (non-hydrogen) atoms. The van der Waals surface area contributed by atoms with Crippen molar-refractivity contribution in [3.8, 4) is 0 Å². The van der Waals surface area contributed by atoms with Crippen molar-refractivity contribution in [2.45, 2.75) is 107 Å². The fraction of sp³-hybridized carbons (Fsp3) is 0.655. The first kappa shape index (κ1) is 32.4. The number of benzene rings is 1. The summed E-state index contributed by atoms with van der Waals surface area (Å²) >= 11 is 4.91. The Morgan fingerprint density at radius 2 is 1.52 bits per heavy atom. The van der Waals surface area contributed by atoms with Crippen LogP contribution in [0.5, 0.6) is 0 Å². The highest BCUT2D eigenvalue weighted by Crippen LogP contribution is 2.22.